The summed E-state index contributed by atoms with van der Waals surface area (Å²) in [6.45, 7) is 1.20. The first-order valence-corrected chi connectivity index (χ1v) is 10.0. The lowest BCUT2D eigenvalue weighted by Crippen LogP contribution is -2.24. The highest BCUT2D eigenvalue weighted by Crippen LogP contribution is 2.30. The Kier molecular flexibility index (Phi) is 4.43. The molecule has 1 N–H and O–H groups in total. The van der Waals surface area contributed by atoms with E-state index >= 15 is 0 Å². The Labute approximate surface area is 164 Å². The molecule has 0 aliphatic heterocycles. The van der Waals surface area contributed by atoms with Gasteiger partial charge in [0.15, 0.2) is 0 Å². The molecule has 2 aliphatic rings. The van der Waals surface area contributed by atoms with Gasteiger partial charge in [0.2, 0.25) is 5.88 Å². The molecule has 0 spiro atoms. The molecule has 2 aromatic heterocycles. The Balaban J connectivity index is 1.32. The first-order chi connectivity index (χ1) is 13.8. The van der Waals surface area contributed by atoms with E-state index in [1.165, 1.54) is 12.8 Å². The summed E-state index contributed by atoms with van der Waals surface area (Å²) in [7, 11) is 0. The smallest absolute Gasteiger partial charge is 0.252 e. The molecule has 142 valence electrons. The third-order valence-corrected chi connectivity index (χ3v) is 5.56. The van der Waals surface area contributed by atoms with Crippen LogP contribution in [0.1, 0.15) is 46.4 Å². The van der Waals surface area contributed by atoms with Gasteiger partial charge < -0.3 is 10.1 Å². The monoisotopic (exact) mass is 373 g/mol. The second-order valence-electron chi connectivity index (χ2n) is 7.72. The zero-order chi connectivity index (χ0) is 18.9. The summed E-state index contributed by atoms with van der Waals surface area (Å²) in [5.74, 6) is 1.32. The van der Waals surface area contributed by atoms with Gasteiger partial charge in [-0.2, -0.15) is 0 Å². The third kappa shape index (κ3) is 3.44. The van der Waals surface area contributed by atoms with Crippen LogP contribution in [0.3, 0.4) is 0 Å². The number of carbonyl (C=O) groups excluding carboxylic acids is 1. The number of benzene rings is 1. The quantitative estimate of drug-likeness (QED) is 0.713. The van der Waals surface area contributed by atoms with Crippen LogP contribution in [0.5, 0.6) is 5.88 Å². The molecule has 0 radical (unpaired) electrons. The van der Waals surface area contributed by atoms with Crippen LogP contribution in [0, 0.1) is 5.92 Å². The van der Waals surface area contributed by atoms with Gasteiger partial charge >= 0.3 is 0 Å². The van der Waals surface area contributed by atoms with Gasteiger partial charge in [-0.05, 0) is 55.2 Å². The molecule has 0 bridgehead atoms. The second kappa shape index (κ2) is 7.23. The number of pyridine rings is 2. The van der Waals surface area contributed by atoms with Gasteiger partial charge in [0.25, 0.3) is 5.91 Å². The summed E-state index contributed by atoms with van der Waals surface area (Å²) in [5, 5.41) is 4.00. The molecule has 2 aliphatic carbocycles. The number of amides is 1. The highest BCUT2D eigenvalue weighted by atomic mass is 16.5. The molecule has 1 aromatic carbocycles. The number of nitrogens with one attached hydrogen (secondary N) is 1. The number of fused-ring (bicyclic) bond motifs is 2. The maximum atomic E-state index is 13.1. The van der Waals surface area contributed by atoms with Crippen LogP contribution in [0.2, 0.25) is 0 Å². The number of ether oxygens (including phenoxy) is 1. The van der Waals surface area contributed by atoms with Gasteiger partial charge in [-0.25, -0.2) is 4.98 Å². The van der Waals surface area contributed by atoms with Crippen LogP contribution < -0.4 is 10.1 Å². The lowest BCUT2D eigenvalue weighted by Gasteiger charge is -2.13. The number of carbonyl (C=O) groups is 1. The van der Waals surface area contributed by atoms with E-state index < -0.39 is 0 Å². The number of aromatic nitrogens is 2. The maximum absolute atomic E-state index is 13.1. The van der Waals surface area contributed by atoms with Gasteiger partial charge in [0.1, 0.15) is 0 Å². The van der Waals surface area contributed by atoms with Crippen molar-refractivity contribution < 1.29 is 9.53 Å². The van der Waals surface area contributed by atoms with Gasteiger partial charge in [-0.1, -0.05) is 24.3 Å². The molecule has 1 amide bonds. The zero-order valence-corrected chi connectivity index (χ0v) is 15.8. The van der Waals surface area contributed by atoms with Crippen LogP contribution in [0.25, 0.3) is 10.9 Å². The number of nitrogens with zero attached hydrogens (tertiary/aromatic N) is 2. The topological polar surface area (TPSA) is 64.1 Å². The fourth-order valence-corrected chi connectivity index (χ4v) is 3.83. The molecular formula is C23H23N3O2. The minimum Gasteiger partial charge on any atom is -0.477 e. The molecule has 5 nitrogen and oxygen atoms in total. The van der Waals surface area contributed by atoms with E-state index in [1.807, 2.05) is 36.4 Å². The maximum Gasteiger partial charge on any atom is 0.252 e. The number of aryl methyl sites for hydroxylation is 1. The van der Waals surface area contributed by atoms with E-state index in [0.717, 1.165) is 59.2 Å². The minimum atomic E-state index is -0.0363. The lowest BCUT2D eigenvalue weighted by molar-refractivity contribution is 0.0951. The SMILES string of the molecule is O=C(NCc1ccc(OCC2CC2)nc1)c1c2c(nc3ccccc13)CCC2. The highest BCUT2D eigenvalue weighted by Gasteiger charge is 2.24. The predicted octanol–water partition coefficient (Wildman–Crippen LogP) is 3.84. The van der Waals surface area contributed by atoms with E-state index in [9.17, 15) is 4.79 Å². The minimum absolute atomic E-state index is 0.0363. The summed E-state index contributed by atoms with van der Waals surface area (Å²) < 4.78 is 5.67. The molecule has 1 fully saturated rings. The Hall–Kier alpha value is -2.95. The molecule has 0 atom stereocenters. The summed E-state index contributed by atoms with van der Waals surface area (Å²) in [6, 6.07) is 11.7. The molecule has 2 heterocycles. The van der Waals surface area contributed by atoms with Crippen molar-refractivity contribution in [2.75, 3.05) is 6.61 Å². The third-order valence-electron chi connectivity index (χ3n) is 5.56. The van der Waals surface area contributed by atoms with Crippen molar-refractivity contribution in [3.63, 3.8) is 0 Å². The Morgan fingerprint density at radius 1 is 1.14 bits per heavy atom. The van der Waals surface area contributed by atoms with Gasteiger partial charge in [-0.15, -0.1) is 0 Å². The van der Waals surface area contributed by atoms with Gasteiger partial charge in [-0.3, -0.25) is 9.78 Å². The lowest BCUT2D eigenvalue weighted by atomic mass is 10.0. The first kappa shape index (κ1) is 17.2. The molecular weight excluding hydrogens is 350 g/mol. The van der Waals surface area contributed by atoms with Crippen LogP contribution in [0.4, 0.5) is 0 Å². The first-order valence-electron chi connectivity index (χ1n) is 10.0. The van der Waals surface area contributed by atoms with E-state index in [0.29, 0.717) is 18.3 Å². The Bertz CT molecular complexity index is 1030. The second-order valence-corrected chi connectivity index (χ2v) is 7.72. The van der Waals surface area contributed by atoms with Crippen molar-refractivity contribution in [2.45, 2.75) is 38.6 Å². The van der Waals surface area contributed by atoms with Crippen molar-refractivity contribution in [1.29, 1.82) is 0 Å². The van der Waals surface area contributed by atoms with Crippen LogP contribution in [-0.4, -0.2) is 22.5 Å². The molecule has 5 heteroatoms. The summed E-state index contributed by atoms with van der Waals surface area (Å²) >= 11 is 0. The van der Waals surface area contributed by atoms with Crippen LogP contribution in [-0.2, 0) is 19.4 Å². The summed E-state index contributed by atoms with van der Waals surface area (Å²) in [6.07, 6.45) is 7.23. The predicted molar refractivity (Wildman–Crippen MR) is 107 cm³/mol. The number of rotatable bonds is 6. The number of hydrogen-bond acceptors (Lipinski definition) is 4. The molecule has 1 saturated carbocycles. The fraction of sp³-hybridized carbons (Fsp3) is 0.348. The van der Waals surface area contributed by atoms with Crippen molar-refractivity contribution >= 4 is 16.8 Å². The molecule has 5 rings (SSSR count). The van der Waals surface area contributed by atoms with E-state index in [-0.39, 0.29) is 5.91 Å². The zero-order valence-electron chi connectivity index (χ0n) is 15.8. The normalized spacial score (nSPS) is 15.4. The van der Waals surface area contributed by atoms with E-state index in [4.69, 9.17) is 9.72 Å². The average molecular weight is 373 g/mol. The molecule has 28 heavy (non-hydrogen) atoms. The number of hydrogen-bond donors (Lipinski definition) is 1. The standard InChI is InChI=1S/C23H23N3O2/c27-23(25-13-16-10-11-21(24-12-16)28-14-15-8-9-15)22-17-4-1-2-6-19(17)26-20-7-3-5-18(20)22/h1-2,4,6,10-12,15H,3,5,7-9,13-14H2,(H,25,27). The molecule has 0 unspecified atom stereocenters. The highest BCUT2D eigenvalue weighted by molar-refractivity contribution is 6.07. The van der Waals surface area contributed by atoms with Crippen molar-refractivity contribution in [3.8, 4) is 5.88 Å². The number of para-hydroxylation sites is 1. The Morgan fingerprint density at radius 2 is 2.04 bits per heavy atom. The molecule has 3 aromatic rings. The largest absolute Gasteiger partial charge is 0.477 e. The van der Waals surface area contributed by atoms with Crippen molar-refractivity contribution in [3.05, 3.63) is 65.0 Å². The fourth-order valence-electron chi connectivity index (χ4n) is 3.83. The summed E-state index contributed by atoms with van der Waals surface area (Å²) in [4.78, 5) is 22.2. The van der Waals surface area contributed by atoms with E-state index in [2.05, 4.69) is 10.3 Å². The van der Waals surface area contributed by atoms with Crippen LogP contribution >= 0.6 is 0 Å². The average Bonchev–Trinajstić information content (AvgIpc) is 3.45. The van der Waals surface area contributed by atoms with Crippen molar-refractivity contribution in [1.82, 2.24) is 15.3 Å². The Morgan fingerprint density at radius 3 is 2.86 bits per heavy atom. The summed E-state index contributed by atoms with van der Waals surface area (Å²) in [5.41, 5.74) is 4.82. The van der Waals surface area contributed by atoms with E-state index in [1.54, 1.807) is 6.20 Å². The van der Waals surface area contributed by atoms with Crippen LogP contribution in [0.15, 0.2) is 42.6 Å². The van der Waals surface area contributed by atoms with Crippen molar-refractivity contribution in [2.24, 2.45) is 5.92 Å². The molecule has 0 saturated heterocycles. The van der Waals surface area contributed by atoms with Gasteiger partial charge in [0.05, 0.1) is 17.7 Å². The van der Waals surface area contributed by atoms with Gasteiger partial charge in [0, 0.05) is 29.9 Å².